The standard InChI is InChI=1S/C19H23ClN2O2/c1-22(12-15-6-8-18(20)9-7-15)13-19(23)21-11-16-4-3-5-17(10-16)14-24-2/h3-10H,11-14H2,1-2H3,(H,21,23). The van der Waals surface area contributed by atoms with Crippen molar-refractivity contribution >= 4 is 17.5 Å². The van der Waals surface area contributed by atoms with Crippen molar-refractivity contribution in [3.8, 4) is 0 Å². The van der Waals surface area contributed by atoms with Crippen molar-refractivity contribution in [3.05, 3.63) is 70.2 Å². The first-order valence-corrected chi connectivity index (χ1v) is 8.21. The SMILES string of the molecule is COCc1cccc(CNC(=O)CN(C)Cc2ccc(Cl)cc2)c1. The van der Waals surface area contributed by atoms with Gasteiger partial charge in [-0.05, 0) is 35.9 Å². The molecule has 2 rings (SSSR count). The second-order valence-electron chi connectivity index (χ2n) is 5.83. The number of halogens is 1. The Kier molecular flexibility index (Phi) is 7.25. The molecular weight excluding hydrogens is 324 g/mol. The van der Waals surface area contributed by atoms with Gasteiger partial charge < -0.3 is 10.1 Å². The number of nitrogens with zero attached hydrogens (tertiary/aromatic N) is 1. The molecule has 5 heteroatoms. The van der Waals surface area contributed by atoms with Crippen LogP contribution in [-0.4, -0.2) is 31.5 Å². The summed E-state index contributed by atoms with van der Waals surface area (Å²) in [5, 5.41) is 3.67. The minimum absolute atomic E-state index is 0.00334. The van der Waals surface area contributed by atoms with E-state index in [4.69, 9.17) is 16.3 Å². The van der Waals surface area contributed by atoms with E-state index in [9.17, 15) is 4.79 Å². The lowest BCUT2D eigenvalue weighted by Gasteiger charge is -2.16. The van der Waals surface area contributed by atoms with Crippen LogP contribution in [-0.2, 0) is 29.2 Å². The summed E-state index contributed by atoms with van der Waals surface area (Å²) < 4.78 is 5.12. The molecule has 0 spiro atoms. The smallest absolute Gasteiger partial charge is 0.234 e. The molecular formula is C19H23ClN2O2. The number of hydrogen-bond acceptors (Lipinski definition) is 3. The van der Waals surface area contributed by atoms with Gasteiger partial charge in [0, 0.05) is 25.2 Å². The predicted octanol–water partition coefficient (Wildman–Crippen LogP) is 3.23. The summed E-state index contributed by atoms with van der Waals surface area (Å²) in [4.78, 5) is 14.1. The summed E-state index contributed by atoms with van der Waals surface area (Å²) in [5.41, 5.74) is 3.30. The lowest BCUT2D eigenvalue weighted by atomic mass is 10.1. The number of carbonyl (C=O) groups is 1. The monoisotopic (exact) mass is 346 g/mol. The Bertz CT molecular complexity index is 659. The zero-order chi connectivity index (χ0) is 17.4. The Morgan fingerprint density at radius 2 is 1.83 bits per heavy atom. The largest absolute Gasteiger partial charge is 0.380 e. The Morgan fingerprint density at radius 3 is 2.54 bits per heavy atom. The molecule has 0 unspecified atom stereocenters. The van der Waals surface area contributed by atoms with Crippen molar-refractivity contribution in [2.45, 2.75) is 19.7 Å². The lowest BCUT2D eigenvalue weighted by molar-refractivity contribution is -0.122. The number of ether oxygens (including phenoxy) is 1. The Labute approximate surface area is 148 Å². The van der Waals surface area contributed by atoms with E-state index >= 15 is 0 Å². The van der Waals surface area contributed by atoms with Crippen LogP contribution in [0.1, 0.15) is 16.7 Å². The van der Waals surface area contributed by atoms with Gasteiger partial charge in [-0.1, -0.05) is 48.0 Å². The van der Waals surface area contributed by atoms with Crippen molar-refractivity contribution in [1.82, 2.24) is 10.2 Å². The molecule has 2 aromatic carbocycles. The third kappa shape index (κ3) is 6.32. The van der Waals surface area contributed by atoms with Crippen LogP contribution < -0.4 is 5.32 Å². The second-order valence-corrected chi connectivity index (χ2v) is 6.26. The first kappa shape index (κ1) is 18.5. The maximum Gasteiger partial charge on any atom is 0.234 e. The van der Waals surface area contributed by atoms with E-state index in [1.54, 1.807) is 7.11 Å². The van der Waals surface area contributed by atoms with Gasteiger partial charge in [0.15, 0.2) is 0 Å². The van der Waals surface area contributed by atoms with Crippen LogP contribution in [0.4, 0.5) is 0 Å². The number of methoxy groups -OCH3 is 1. The third-order valence-corrected chi connectivity index (χ3v) is 3.82. The molecule has 24 heavy (non-hydrogen) atoms. The Balaban J connectivity index is 1.78. The number of benzene rings is 2. The molecule has 0 saturated carbocycles. The van der Waals surface area contributed by atoms with Gasteiger partial charge in [-0.25, -0.2) is 0 Å². The van der Waals surface area contributed by atoms with Gasteiger partial charge in [-0.2, -0.15) is 0 Å². The van der Waals surface area contributed by atoms with Crippen molar-refractivity contribution in [3.63, 3.8) is 0 Å². The quantitative estimate of drug-likeness (QED) is 0.798. The Hall–Kier alpha value is -1.88. The molecule has 0 aliphatic rings. The van der Waals surface area contributed by atoms with E-state index < -0.39 is 0 Å². The maximum absolute atomic E-state index is 12.1. The summed E-state index contributed by atoms with van der Waals surface area (Å²) in [6.45, 7) is 2.14. The molecule has 2 aromatic rings. The number of carbonyl (C=O) groups excluding carboxylic acids is 1. The van der Waals surface area contributed by atoms with Crippen LogP contribution >= 0.6 is 11.6 Å². The van der Waals surface area contributed by atoms with Gasteiger partial charge in [0.1, 0.15) is 0 Å². The number of nitrogens with one attached hydrogen (secondary N) is 1. The molecule has 0 radical (unpaired) electrons. The highest BCUT2D eigenvalue weighted by molar-refractivity contribution is 6.30. The van der Waals surface area contributed by atoms with Crippen molar-refractivity contribution in [2.75, 3.05) is 20.7 Å². The van der Waals surface area contributed by atoms with Gasteiger partial charge in [0.25, 0.3) is 0 Å². The first-order valence-electron chi connectivity index (χ1n) is 7.83. The average Bonchev–Trinajstić information content (AvgIpc) is 2.56. The highest BCUT2D eigenvalue weighted by Crippen LogP contribution is 2.11. The van der Waals surface area contributed by atoms with Gasteiger partial charge >= 0.3 is 0 Å². The third-order valence-electron chi connectivity index (χ3n) is 3.57. The number of hydrogen-bond donors (Lipinski definition) is 1. The molecule has 128 valence electrons. The summed E-state index contributed by atoms with van der Waals surface area (Å²) in [7, 11) is 3.60. The van der Waals surface area contributed by atoms with Gasteiger partial charge in [0.2, 0.25) is 5.91 Å². The summed E-state index contributed by atoms with van der Waals surface area (Å²) in [6, 6.07) is 15.7. The van der Waals surface area contributed by atoms with E-state index in [1.165, 1.54) is 0 Å². The summed E-state index contributed by atoms with van der Waals surface area (Å²) in [6.07, 6.45) is 0. The molecule has 0 saturated heterocycles. The van der Waals surface area contributed by atoms with Crippen LogP contribution in [0.25, 0.3) is 0 Å². The van der Waals surface area contributed by atoms with Crippen LogP contribution in [0.2, 0.25) is 5.02 Å². The fraction of sp³-hybridized carbons (Fsp3) is 0.316. The van der Waals surface area contributed by atoms with Crippen LogP contribution in [0.5, 0.6) is 0 Å². The average molecular weight is 347 g/mol. The summed E-state index contributed by atoms with van der Waals surface area (Å²) >= 11 is 5.88. The zero-order valence-corrected chi connectivity index (χ0v) is 14.8. The maximum atomic E-state index is 12.1. The van der Waals surface area contributed by atoms with Crippen molar-refractivity contribution < 1.29 is 9.53 Å². The molecule has 1 N–H and O–H groups in total. The highest BCUT2D eigenvalue weighted by Gasteiger charge is 2.07. The Morgan fingerprint density at radius 1 is 1.12 bits per heavy atom. The van der Waals surface area contributed by atoms with E-state index in [0.29, 0.717) is 26.2 Å². The van der Waals surface area contributed by atoms with E-state index in [1.807, 2.05) is 60.5 Å². The zero-order valence-electron chi connectivity index (χ0n) is 14.1. The number of amides is 1. The second kappa shape index (κ2) is 9.42. The molecule has 0 aliphatic carbocycles. The molecule has 0 bridgehead atoms. The van der Waals surface area contributed by atoms with Crippen LogP contribution in [0.3, 0.4) is 0 Å². The molecule has 0 heterocycles. The van der Waals surface area contributed by atoms with E-state index in [2.05, 4.69) is 5.32 Å². The van der Waals surface area contributed by atoms with E-state index in [0.717, 1.165) is 21.7 Å². The van der Waals surface area contributed by atoms with Gasteiger partial charge in [-0.15, -0.1) is 0 Å². The number of likely N-dealkylation sites (N-methyl/N-ethyl adjacent to an activating group) is 1. The molecule has 1 amide bonds. The van der Waals surface area contributed by atoms with Crippen molar-refractivity contribution in [1.29, 1.82) is 0 Å². The molecule has 0 fully saturated rings. The van der Waals surface area contributed by atoms with E-state index in [-0.39, 0.29) is 5.91 Å². The van der Waals surface area contributed by atoms with Crippen LogP contribution in [0, 0.1) is 0 Å². The molecule has 0 atom stereocenters. The molecule has 0 aliphatic heterocycles. The predicted molar refractivity (Wildman–Crippen MR) is 96.8 cm³/mol. The van der Waals surface area contributed by atoms with Crippen LogP contribution in [0.15, 0.2) is 48.5 Å². The minimum atomic E-state index is 0.00334. The first-order chi connectivity index (χ1) is 11.6. The fourth-order valence-corrected chi connectivity index (χ4v) is 2.58. The molecule has 0 aromatic heterocycles. The lowest BCUT2D eigenvalue weighted by Crippen LogP contribution is -2.34. The van der Waals surface area contributed by atoms with Crippen molar-refractivity contribution in [2.24, 2.45) is 0 Å². The molecule has 4 nitrogen and oxygen atoms in total. The minimum Gasteiger partial charge on any atom is -0.380 e. The van der Waals surface area contributed by atoms with Gasteiger partial charge in [0.05, 0.1) is 13.2 Å². The topological polar surface area (TPSA) is 41.6 Å². The van der Waals surface area contributed by atoms with Gasteiger partial charge in [-0.3, -0.25) is 9.69 Å². The normalized spacial score (nSPS) is 10.8. The number of rotatable bonds is 8. The highest BCUT2D eigenvalue weighted by atomic mass is 35.5. The summed E-state index contributed by atoms with van der Waals surface area (Å²) in [5.74, 6) is 0.00334. The fourth-order valence-electron chi connectivity index (χ4n) is 2.46.